The zero-order valence-electron chi connectivity index (χ0n) is 59.1. The number of aromatic nitrogens is 8. The molecule has 0 amide bonds. The number of nitrogens with zero attached hydrogens (tertiary/aromatic N) is 4. The summed E-state index contributed by atoms with van der Waals surface area (Å²) >= 11 is 14.4. The first-order valence-corrected chi connectivity index (χ1v) is 40.7. The SMILES string of the molecule is C#Cc1cn([C@@H]2O[C@](F)(COP(=O)(O)OP(=O)(O)O)[C@@H](O)[C@H]2O)c(=O)[nH]c1=O.[2H]C([2H])(OP(=O)(O)OP(=O)(O)O)[C@@]1(F)O[C@@H](n2cc(C#C)c(=O)[nH]c2=S)[C@H](O)[C@@H]1O.[2H]C([2H])(OP(=O)(O)OP(=O)(O)O)[C@@]1(F)O[C@@]([2H])(n2cc(C#C)c(=O)[nH]c2=S)[C@H](O)[C@@H]1O.[2H][C@@]1(n2cc(C#C)c(=O)[nH]c2=S)O[C@](F)(COP(=O)(O)OP(=O)(O)O)[C@@H](O)[C@H]1O. The Morgan fingerprint density at radius 2 is 0.652 bits per heavy atom. The Balaban J connectivity index is 0.000000280. The minimum atomic E-state index is -6.03. The van der Waals surface area contributed by atoms with Crippen LogP contribution in [0.25, 0.3) is 0 Å². The predicted molar refractivity (Wildman–Crippen MR) is 350 cm³/mol. The molecule has 4 saturated heterocycles. The second-order valence-electron chi connectivity index (χ2n) is 20.8. The molecule has 0 spiro atoms. The number of nitrogens with one attached hydrogen (secondary N) is 4. The lowest BCUT2D eigenvalue weighted by atomic mass is 10.1. The largest absolute Gasteiger partial charge is 0.481 e. The Bertz CT molecular complexity index is 5690. The Morgan fingerprint density at radius 1 is 0.411 bits per heavy atom. The maximum absolute atomic E-state index is 15.4. The van der Waals surface area contributed by atoms with Crippen molar-refractivity contribution >= 4 is 99.2 Å². The van der Waals surface area contributed by atoms with E-state index in [1.54, 1.807) is 4.98 Å². The van der Waals surface area contributed by atoms with Crippen LogP contribution in [0.4, 0.5) is 17.6 Å². The van der Waals surface area contributed by atoms with E-state index in [2.05, 4.69) is 49.8 Å². The van der Waals surface area contributed by atoms with Crippen LogP contribution in [0, 0.1) is 63.7 Å². The lowest BCUT2D eigenvalue weighted by Gasteiger charge is -2.24. The quantitative estimate of drug-likeness (QED) is 0.0135. The monoisotopic (exact) mass is 1840 g/mol. The molecule has 68 heteroatoms. The number of aliphatic hydroxyl groups is 8. The molecule has 4 aromatic rings. The molecule has 4 fully saturated rings. The number of H-pyrrole nitrogens is 4. The molecular formula is C44H52F4N8O45P8S3. The van der Waals surface area contributed by atoms with Gasteiger partial charge >= 0.3 is 68.3 Å². The van der Waals surface area contributed by atoms with Crippen LogP contribution in [-0.2, 0) is 90.8 Å². The molecule has 8 rings (SSSR count). The van der Waals surface area contributed by atoms with E-state index >= 15 is 8.78 Å². The molecule has 4 aromatic heterocycles. The van der Waals surface area contributed by atoms with E-state index < -0.39 is 245 Å². The normalized spacial score (nSPS) is 32.3. The summed E-state index contributed by atoms with van der Waals surface area (Å²) in [6.45, 7) is -11.7. The maximum atomic E-state index is 15.4. The van der Waals surface area contributed by atoms with Gasteiger partial charge in [0, 0.05) is 24.8 Å². The third-order valence-corrected chi connectivity index (χ3v) is 22.0. The minimum absolute atomic E-state index is 0.356. The first-order chi connectivity index (χ1) is 53.0. The highest BCUT2D eigenvalue weighted by Crippen LogP contribution is 2.62. The summed E-state index contributed by atoms with van der Waals surface area (Å²) in [7, 11) is -45.4. The molecule has 0 bridgehead atoms. The second-order valence-corrected chi connectivity index (χ2v) is 33.2. The fraction of sp³-hybridized carbons (Fsp3) is 0.455. The molecule has 53 nitrogen and oxygen atoms in total. The summed E-state index contributed by atoms with van der Waals surface area (Å²) in [5.74, 6) is -7.71. The number of phosphoric acid groups is 8. The fourth-order valence-electron chi connectivity index (χ4n) is 8.17. The van der Waals surface area contributed by atoms with Crippen LogP contribution in [-0.4, -0.2) is 236 Å². The number of aromatic amines is 4. The van der Waals surface area contributed by atoms with Crippen molar-refractivity contribution in [3.63, 3.8) is 0 Å². The van der Waals surface area contributed by atoms with Gasteiger partial charge in [0.05, 0.1) is 8.22 Å². The molecule has 20 atom stereocenters. The van der Waals surface area contributed by atoms with Gasteiger partial charge in [0.1, 0.15) is 97.4 Å². The summed E-state index contributed by atoms with van der Waals surface area (Å²) in [5.41, 5.74) is -6.36. The van der Waals surface area contributed by atoms with Gasteiger partial charge in [-0.1, -0.05) is 23.7 Å². The molecule has 24 N–H and O–H groups in total. The number of phosphoric ester groups is 4. The Kier molecular flexibility index (Phi) is 28.2. The standard InChI is InChI=1S/C11H13FN2O12P2.3C11H13FN2O11P2S/c1-2-5-3-14(10(18)13-8(5)17)9-6(15)7(16)11(12,25-9)4-24-28(22,23)26-27(19,20)21;3*1-2-5-3-14(10(28)13-8(5)17)9-6(15)7(16)11(12,24-9)4-23-27(21,22)25-26(18,19)20/h1,3,6-7,9,15-16H,4H2,(H,22,23)(H,13,17,18)(H2,19,20,21);3*1,3,6-7,9,15-16H,4H2,(H,21,22)(H,13,17,28)(H2,18,19,20)/t4*6-,7+,9-,11-/m1111/s1/i;4D2,9D;9D;4D2. The Hall–Kier alpha value is -5.50. The van der Waals surface area contributed by atoms with Crippen molar-refractivity contribution in [3.8, 4) is 49.4 Å². The molecular weight excluding hydrogens is 1780 g/mol. The van der Waals surface area contributed by atoms with Gasteiger partial charge in [-0.3, -0.25) is 75.5 Å². The van der Waals surface area contributed by atoms with Crippen molar-refractivity contribution in [1.82, 2.24) is 38.2 Å². The van der Waals surface area contributed by atoms with Crippen LogP contribution in [0.3, 0.4) is 0 Å². The van der Waals surface area contributed by atoms with E-state index in [9.17, 15) is 125 Å². The van der Waals surface area contributed by atoms with Crippen LogP contribution in [0.5, 0.6) is 0 Å². The van der Waals surface area contributed by atoms with Gasteiger partial charge in [-0.25, -0.2) is 58.9 Å². The smallest absolute Gasteiger partial charge is 0.385 e. The highest BCUT2D eigenvalue weighted by Gasteiger charge is 2.61. The molecule has 4 unspecified atom stereocenters. The average Bonchev–Trinajstić information content (AvgIpc) is 1.57. The molecule has 0 radical (unpaired) electrons. The van der Waals surface area contributed by atoms with Crippen LogP contribution < -0.4 is 27.9 Å². The van der Waals surface area contributed by atoms with Crippen molar-refractivity contribution in [2.75, 3.05) is 26.3 Å². The number of ether oxygens (including phenoxy) is 4. The molecule has 0 aliphatic carbocycles. The van der Waals surface area contributed by atoms with Gasteiger partial charge in [0.15, 0.2) is 39.2 Å². The van der Waals surface area contributed by atoms with E-state index in [1.165, 1.54) is 0 Å². The van der Waals surface area contributed by atoms with Crippen molar-refractivity contribution in [2.24, 2.45) is 0 Å². The third kappa shape index (κ3) is 25.3. The molecule has 624 valence electrons. The van der Waals surface area contributed by atoms with Gasteiger partial charge in [-0.15, -0.1) is 25.7 Å². The number of hydrogen-bond donors (Lipinski definition) is 24. The Morgan fingerprint density at radius 3 is 0.991 bits per heavy atom. The first kappa shape index (κ1) is 87.3. The molecule has 8 heterocycles. The molecule has 112 heavy (non-hydrogen) atoms. The number of aliphatic hydroxyl groups excluding tert-OH is 8. The average molecular weight is 1840 g/mol. The molecule has 4 aliphatic heterocycles. The highest BCUT2D eigenvalue weighted by molar-refractivity contribution is 7.71. The Labute approximate surface area is 637 Å². The van der Waals surface area contributed by atoms with Crippen LogP contribution >= 0.6 is 99.2 Å². The van der Waals surface area contributed by atoms with E-state index in [0.717, 1.165) is 18.6 Å². The number of halogens is 4. The third-order valence-electron chi connectivity index (χ3n) is 12.9. The second kappa shape index (κ2) is 36.2. The van der Waals surface area contributed by atoms with E-state index in [4.69, 9.17) is 124 Å². The maximum Gasteiger partial charge on any atom is 0.481 e. The fourth-order valence-corrected chi connectivity index (χ4v) is 15.0. The molecule has 0 aromatic carbocycles. The zero-order chi connectivity index (χ0) is 91.4. The van der Waals surface area contributed by atoms with Crippen molar-refractivity contribution in [1.29, 1.82) is 0 Å². The van der Waals surface area contributed by atoms with Gasteiger partial charge in [0.25, 0.3) is 45.7 Å². The van der Waals surface area contributed by atoms with Crippen LogP contribution in [0.1, 0.15) is 55.3 Å². The lowest BCUT2D eigenvalue weighted by molar-refractivity contribution is -0.205. The number of terminal acetylenes is 4. The number of alkyl halides is 4. The summed E-state index contributed by atoms with van der Waals surface area (Å²) in [5, 5.41) is 80.2. The van der Waals surface area contributed by atoms with Gasteiger partial charge < -0.3 is 119 Å². The highest BCUT2D eigenvalue weighted by atomic mass is 32.1. The first-order valence-electron chi connectivity index (χ1n) is 30.3. The summed E-state index contributed by atoms with van der Waals surface area (Å²) < 4.78 is 243. The lowest BCUT2D eigenvalue weighted by Crippen LogP contribution is -2.43. The summed E-state index contributed by atoms with van der Waals surface area (Å²) in [6.07, 6.45) is -7.15. The summed E-state index contributed by atoms with van der Waals surface area (Å²) in [6, 6.07) is 0. The summed E-state index contributed by atoms with van der Waals surface area (Å²) in [4.78, 5) is 171. The van der Waals surface area contributed by atoms with Gasteiger partial charge in [-0.2, -0.15) is 17.2 Å². The van der Waals surface area contributed by atoms with E-state index in [1.807, 2.05) is 33.6 Å². The number of rotatable bonds is 24. The van der Waals surface area contributed by atoms with E-state index in [-0.39, 0.29) is 5.56 Å². The van der Waals surface area contributed by atoms with Gasteiger partial charge in [-0.05, 0) is 36.7 Å². The van der Waals surface area contributed by atoms with Crippen LogP contribution in [0.15, 0.2) is 48.8 Å². The van der Waals surface area contributed by atoms with Gasteiger partial charge in [0.2, 0.25) is 0 Å². The topological polar surface area (TPSA) is 820 Å². The molecule has 4 aliphatic rings. The van der Waals surface area contributed by atoms with Crippen molar-refractivity contribution in [3.05, 3.63) is 113 Å². The predicted octanol–water partition coefficient (Wildman–Crippen LogP) is -5.25. The zero-order valence-corrected chi connectivity index (χ0v) is 62.7. The molecule has 0 saturated carbocycles. The van der Waals surface area contributed by atoms with Crippen LogP contribution in [0.2, 0.25) is 0 Å². The van der Waals surface area contributed by atoms with E-state index in [0.29, 0.717) is 24.5 Å². The van der Waals surface area contributed by atoms with Crippen molar-refractivity contribution in [2.45, 2.75) is 97.1 Å². The van der Waals surface area contributed by atoms with Crippen molar-refractivity contribution < 1.29 is 216 Å². The number of hydrogen-bond acceptors (Lipinski definition) is 36. The minimum Gasteiger partial charge on any atom is -0.385 e.